The molecule has 0 unspecified atom stereocenters. The molecule has 3 aromatic rings. The molecule has 0 aliphatic rings. The summed E-state index contributed by atoms with van der Waals surface area (Å²) in [6.45, 7) is 0. The van der Waals surface area contributed by atoms with E-state index in [2.05, 4.69) is 10.4 Å². The Labute approximate surface area is 168 Å². The fourth-order valence-electron chi connectivity index (χ4n) is 2.60. The largest absolute Gasteiger partial charge is 0.419 e. The second-order valence-corrected chi connectivity index (χ2v) is 7.78. The number of sulfonamides is 1. The van der Waals surface area contributed by atoms with Crippen molar-refractivity contribution in [1.29, 1.82) is 0 Å². The highest BCUT2D eigenvalue weighted by Crippen LogP contribution is 2.30. The number of benzene rings is 2. The van der Waals surface area contributed by atoms with Gasteiger partial charge in [0.15, 0.2) is 0 Å². The fraction of sp³-hybridized carbons (Fsp3) is 0.111. The summed E-state index contributed by atoms with van der Waals surface area (Å²) in [7, 11) is -4.36. The first-order valence-electron chi connectivity index (χ1n) is 8.27. The van der Waals surface area contributed by atoms with Crippen LogP contribution in [0.1, 0.15) is 11.1 Å². The SMILES string of the molecule is NS(=O)(=O)c1cc(NC(=O)Cc2ccc(F)cc2)ccc1-n1cc(C(F)(F)F)cn1. The van der Waals surface area contributed by atoms with E-state index in [9.17, 15) is 30.8 Å². The monoisotopic (exact) mass is 442 g/mol. The summed E-state index contributed by atoms with van der Waals surface area (Å²) < 4.78 is 76.0. The Balaban J connectivity index is 1.88. The number of amides is 1. The van der Waals surface area contributed by atoms with Gasteiger partial charge < -0.3 is 5.32 Å². The van der Waals surface area contributed by atoms with E-state index in [1.54, 1.807) is 0 Å². The highest BCUT2D eigenvalue weighted by Gasteiger charge is 2.32. The maximum atomic E-state index is 12.9. The molecular weight excluding hydrogens is 428 g/mol. The number of hydrogen-bond acceptors (Lipinski definition) is 4. The number of hydrogen-bond donors (Lipinski definition) is 2. The first-order chi connectivity index (χ1) is 13.9. The van der Waals surface area contributed by atoms with E-state index in [0.29, 0.717) is 18.0 Å². The Morgan fingerprint density at radius 3 is 2.37 bits per heavy atom. The molecule has 0 aliphatic carbocycles. The van der Waals surface area contributed by atoms with E-state index in [1.807, 2.05) is 0 Å². The summed E-state index contributed by atoms with van der Waals surface area (Å²) in [5.41, 5.74) is -0.712. The highest BCUT2D eigenvalue weighted by atomic mass is 32.2. The maximum absolute atomic E-state index is 12.9. The van der Waals surface area contributed by atoms with E-state index in [4.69, 9.17) is 5.14 Å². The van der Waals surface area contributed by atoms with Crippen LogP contribution in [0.4, 0.5) is 23.2 Å². The van der Waals surface area contributed by atoms with Gasteiger partial charge >= 0.3 is 6.18 Å². The number of carbonyl (C=O) groups excluding carboxylic acids is 1. The number of carbonyl (C=O) groups is 1. The minimum Gasteiger partial charge on any atom is -0.326 e. The second kappa shape index (κ2) is 7.88. The van der Waals surface area contributed by atoms with Crippen LogP contribution < -0.4 is 10.5 Å². The minimum absolute atomic E-state index is 0.0538. The average molecular weight is 442 g/mol. The molecule has 3 rings (SSSR count). The molecule has 0 spiro atoms. The second-order valence-electron chi connectivity index (χ2n) is 6.25. The van der Waals surface area contributed by atoms with Crippen molar-refractivity contribution in [2.24, 2.45) is 5.14 Å². The zero-order valence-corrected chi connectivity index (χ0v) is 15.8. The molecular formula is C18H14F4N4O3S. The number of rotatable bonds is 5. The third kappa shape index (κ3) is 5.02. The summed E-state index contributed by atoms with van der Waals surface area (Å²) in [4.78, 5) is 11.6. The van der Waals surface area contributed by atoms with Crippen LogP contribution in [0.3, 0.4) is 0 Å². The van der Waals surface area contributed by atoms with E-state index in [1.165, 1.54) is 36.4 Å². The Bertz CT molecular complexity index is 1190. The molecule has 0 fully saturated rings. The maximum Gasteiger partial charge on any atom is 0.419 e. The van der Waals surface area contributed by atoms with Crippen LogP contribution in [0.15, 0.2) is 59.8 Å². The number of nitrogens with zero attached hydrogens (tertiary/aromatic N) is 2. The van der Waals surface area contributed by atoms with Gasteiger partial charge in [0.1, 0.15) is 10.7 Å². The molecule has 0 aliphatic heterocycles. The van der Waals surface area contributed by atoms with Crippen molar-refractivity contribution in [2.45, 2.75) is 17.5 Å². The lowest BCUT2D eigenvalue weighted by Gasteiger charge is -2.11. The predicted octanol–water partition coefficient (Wildman–Crippen LogP) is 2.86. The van der Waals surface area contributed by atoms with Gasteiger partial charge in [-0.1, -0.05) is 12.1 Å². The number of halogens is 4. The van der Waals surface area contributed by atoms with Crippen LogP contribution in [-0.4, -0.2) is 24.1 Å². The van der Waals surface area contributed by atoms with Crippen molar-refractivity contribution in [1.82, 2.24) is 9.78 Å². The molecule has 1 amide bonds. The van der Waals surface area contributed by atoms with Crippen molar-refractivity contribution < 1.29 is 30.8 Å². The van der Waals surface area contributed by atoms with Crippen LogP contribution in [0.25, 0.3) is 5.69 Å². The Morgan fingerprint density at radius 1 is 1.13 bits per heavy atom. The average Bonchev–Trinajstić information content (AvgIpc) is 3.13. The Kier molecular flexibility index (Phi) is 5.63. The van der Waals surface area contributed by atoms with Crippen LogP contribution >= 0.6 is 0 Å². The lowest BCUT2D eigenvalue weighted by molar-refractivity contribution is -0.137. The molecule has 30 heavy (non-hydrogen) atoms. The van der Waals surface area contributed by atoms with Crippen molar-refractivity contribution >= 4 is 21.6 Å². The van der Waals surface area contributed by atoms with Gasteiger partial charge in [0.05, 0.1) is 23.9 Å². The zero-order valence-electron chi connectivity index (χ0n) is 15.0. The summed E-state index contributed by atoms with van der Waals surface area (Å²) in [6.07, 6.45) is -3.60. The summed E-state index contributed by atoms with van der Waals surface area (Å²) in [6, 6.07) is 8.70. The quantitative estimate of drug-likeness (QED) is 0.593. The van der Waals surface area contributed by atoms with E-state index in [-0.39, 0.29) is 17.8 Å². The van der Waals surface area contributed by atoms with Gasteiger partial charge in [0, 0.05) is 11.9 Å². The fourth-order valence-corrected chi connectivity index (χ4v) is 3.35. The van der Waals surface area contributed by atoms with Crippen molar-refractivity contribution in [3.05, 3.63) is 71.8 Å². The smallest absolute Gasteiger partial charge is 0.326 e. The lowest BCUT2D eigenvalue weighted by Crippen LogP contribution is -2.18. The van der Waals surface area contributed by atoms with Crippen molar-refractivity contribution in [2.75, 3.05) is 5.32 Å². The predicted molar refractivity (Wildman–Crippen MR) is 98.7 cm³/mol. The Hall–Kier alpha value is -3.25. The van der Waals surface area contributed by atoms with Crippen molar-refractivity contribution in [3.63, 3.8) is 0 Å². The summed E-state index contributed by atoms with van der Waals surface area (Å²) >= 11 is 0. The van der Waals surface area contributed by atoms with Gasteiger partial charge in [-0.2, -0.15) is 18.3 Å². The van der Waals surface area contributed by atoms with Crippen LogP contribution in [0.5, 0.6) is 0 Å². The number of aromatic nitrogens is 2. The highest BCUT2D eigenvalue weighted by molar-refractivity contribution is 7.89. The topological polar surface area (TPSA) is 107 Å². The molecule has 12 heteroatoms. The number of primary sulfonamides is 1. The first-order valence-corrected chi connectivity index (χ1v) is 9.81. The number of alkyl halides is 3. The lowest BCUT2D eigenvalue weighted by atomic mass is 10.1. The third-order valence-electron chi connectivity index (χ3n) is 3.98. The van der Waals surface area contributed by atoms with E-state index < -0.39 is 38.4 Å². The van der Waals surface area contributed by atoms with Crippen molar-refractivity contribution in [3.8, 4) is 5.69 Å². The summed E-state index contributed by atoms with van der Waals surface area (Å²) in [5.74, 6) is -0.979. The van der Waals surface area contributed by atoms with Crippen LogP contribution in [0.2, 0.25) is 0 Å². The van der Waals surface area contributed by atoms with Gasteiger partial charge in [-0.15, -0.1) is 0 Å². The molecule has 3 N–H and O–H groups in total. The van der Waals surface area contributed by atoms with E-state index in [0.717, 1.165) is 10.7 Å². The number of nitrogens with two attached hydrogens (primary N) is 1. The molecule has 1 heterocycles. The minimum atomic E-state index is -4.66. The standard InChI is InChI=1S/C18H14F4N4O3S/c19-13-3-1-11(2-4-13)7-17(27)25-14-5-6-15(16(8-14)30(23,28)29)26-10-12(9-24-26)18(20,21)22/h1-6,8-10H,7H2,(H,25,27)(H2,23,28,29). The van der Waals surface area contributed by atoms with Gasteiger partial charge in [-0.05, 0) is 35.9 Å². The molecule has 2 aromatic carbocycles. The first kappa shape index (κ1) is 21.5. The van der Waals surface area contributed by atoms with Gasteiger partial charge in [0.25, 0.3) is 0 Å². The zero-order chi connectivity index (χ0) is 22.1. The van der Waals surface area contributed by atoms with Gasteiger partial charge in [-0.25, -0.2) is 22.6 Å². The summed E-state index contributed by atoms with van der Waals surface area (Å²) in [5, 5.41) is 11.2. The van der Waals surface area contributed by atoms with E-state index >= 15 is 0 Å². The number of nitrogens with one attached hydrogen (secondary N) is 1. The molecule has 0 saturated heterocycles. The van der Waals surface area contributed by atoms with Gasteiger partial charge in [-0.3, -0.25) is 4.79 Å². The molecule has 0 bridgehead atoms. The van der Waals surface area contributed by atoms with Crippen LogP contribution in [-0.2, 0) is 27.4 Å². The number of anilines is 1. The normalized spacial score (nSPS) is 12.0. The molecule has 7 nitrogen and oxygen atoms in total. The third-order valence-corrected chi connectivity index (χ3v) is 4.92. The van der Waals surface area contributed by atoms with Crippen LogP contribution in [0, 0.1) is 5.82 Å². The van der Waals surface area contributed by atoms with Gasteiger partial charge in [0.2, 0.25) is 15.9 Å². The molecule has 0 atom stereocenters. The molecule has 158 valence electrons. The molecule has 1 aromatic heterocycles. The molecule has 0 radical (unpaired) electrons. The Morgan fingerprint density at radius 2 is 1.80 bits per heavy atom. The molecule has 0 saturated carbocycles.